The van der Waals surface area contributed by atoms with E-state index in [0.29, 0.717) is 0 Å². The number of carboxylic acid groups (broad SMARTS) is 1. The van der Waals surface area contributed by atoms with Gasteiger partial charge < -0.3 is 5.11 Å². The van der Waals surface area contributed by atoms with Gasteiger partial charge in [-0.05, 0) is 66.7 Å². The third-order valence-corrected chi connectivity index (χ3v) is 6.15. The number of sulfone groups is 1. The standard InChI is InChI=1S/C21H13F2N3O4S/c22-15-6-4-13(5-7-15)19-20(31(29,30)18-10-8-16(23)9-11-18)24-25-26(19)17-3-1-2-14(12-17)21(27)28/h1-12H,(H,27,28). The molecule has 7 nitrogen and oxygen atoms in total. The second kappa shape index (κ2) is 7.73. The Labute approximate surface area is 175 Å². The first-order valence-electron chi connectivity index (χ1n) is 8.83. The van der Waals surface area contributed by atoms with Crippen LogP contribution in [0.5, 0.6) is 0 Å². The van der Waals surface area contributed by atoms with Gasteiger partial charge >= 0.3 is 5.97 Å². The minimum atomic E-state index is -4.23. The Kier molecular flexibility index (Phi) is 5.07. The molecule has 0 unspecified atom stereocenters. The summed E-state index contributed by atoms with van der Waals surface area (Å²) in [5, 5.41) is 16.6. The Morgan fingerprint density at radius 2 is 1.52 bits per heavy atom. The summed E-state index contributed by atoms with van der Waals surface area (Å²) in [6, 6.07) is 14.9. The Morgan fingerprint density at radius 1 is 0.903 bits per heavy atom. The summed E-state index contributed by atoms with van der Waals surface area (Å²) in [7, 11) is -4.23. The molecule has 3 aromatic carbocycles. The molecule has 0 radical (unpaired) electrons. The summed E-state index contributed by atoms with van der Waals surface area (Å²) < 4.78 is 54.4. The van der Waals surface area contributed by atoms with Crippen molar-refractivity contribution in [2.24, 2.45) is 0 Å². The fraction of sp³-hybridized carbons (Fsp3) is 0. The van der Waals surface area contributed by atoms with E-state index in [1.165, 1.54) is 36.4 Å². The van der Waals surface area contributed by atoms with Crippen molar-refractivity contribution in [3.05, 3.63) is 90.0 Å². The number of benzene rings is 3. The highest BCUT2D eigenvalue weighted by Crippen LogP contribution is 2.32. The van der Waals surface area contributed by atoms with Crippen molar-refractivity contribution >= 4 is 15.8 Å². The molecule has 0 aliphatic rings. The molecule has 4 aromatic rings. The number of hydrogen-bond acceptors (Lipinski definition) is 5. The topological polar surface area (TPSA) is 102 Å². The van der Waals surface area contributed by atoms with Crippen molar-refractivity contribution < 1.29 is 27.1 Å². The normalized spacial score (nSPS) is 11.4. The molecule has 0 saturated heterocycles. The Hall–Kier alpha value is -3.92. The van der Waals surface area contributed by atoms with Crippen molar-refractivity contribution in [3.63, 3.8) is 0 Å². The second-order valence-corrected chi connectivity index (χ2v) is 8.34. The summed E-state index contributed by atoms with van der Waals surface area (Å²) in [6.45, 7) is 0. The van der Waals surface area contributed by atoms with Crippen LogP contribution in [0.2, 0.25) is 0 Å². The second-order valence-electron chi connectivity index (χ2n) is 6.47. The van der Waals surface area contributed by atoms with Crippen LogP contribution in [0.1, 0.15) is 10.4 Å². The largest absolute Gasteiger partial charge is 0.478 e. The maximum atomic E-state index is 13.5. The number of halogens is 2. The Balaban J connectivity index is 1.97. The van der Waals surface area contributed by atoms with Gasteiger partial charge in [-0.1, -0.05) is 11.3 Å². The third kappa shape index (κ3) is 3.80. The van der Waals surface area contributed by atoms with Gasteiger partial charge in [0.15, 0.2) is 0 Å². The third-order valence-electron chi connectivity index (χ3n) is 4.47. The molecule has 0 spiro atoms. The molecule has 0 aliphatic heterocycles. The molecule has 31 heavy (non-hydrogen) atoms. The highest BCUT2D eigenvalue weighted by Gasteiger charge is 2.29. The van der Waals surface area contributed by atoms with Crippen molar-refractivity contribution in [2.75, 3.05) is 0 Å². The minimum Gasteiger partial charge on any atom is -0.478 e. The zero-order valence-electron chi connectivity index (χ0n) is 15.6. The first kappa shape index (κ1) is 20.4. The lowest BCUT2D eigenvalue weighted by molar-refractivity contribution is 0.0697. The molecule has 0 saturated carbocycles. The number of hydrogen-bond donors (Lipinski definition) is 1. The summed E-state index contributed by atoms with van der Waals surface area (Å²) in [5.74, 6) is -2.31. The first-order chi connectivity index (χ1) is 14.8. The number of carboxylic acids is 1. The number of carbonyl (C=O) groups is 1. The molecule has 1 aromatic heterocycles. The molecule has 156 valence electrons. The van der Waals surface area contributed by atoms with Crippen LogP contribution in [0, 0.1) is 11.6 Å². The summed E-state index contributed by atoms with van der Waals surface area (Å²) in [6.07, 6.45) is 0. The van der Waals surface area contributed by atoms with E-state index in [2.05, 4.69) is 10.3 Å². The zero-order valence-corrected chi connectivity index (χ0v) is 16.4. The highest BCUT2D eigenvalue weighted by molar-refractivity contribution is 7.91. The maximum Gasteiger partial charge on any atom is 0.335 e. The number of nitrogens with zero attached hydrogens (tertiary/aromatic N) is 3. The molecule has 1 heterocycles. The van der Waals surface area contributed by atoms with Gasteiger partial charge in [0.2, 0.25) is 14.9 Å². The molecule has 4 rings (SSSR count). The average molecular weight is 441 g/mol. The smallest absolute Gasteiger partial charge is 0.335 e. The fourth-order valence-corrected chi connectivity index (χ4v) is 4.30. The van der Waals surface area contributed by atoms with Gasteiger partial charge in [-0.2, -0.15) is 0 Å². The van der Waals surface area contributed by atoms with E-state index in [-0.39, 0.29) is 27.4 Å². The molecule has 10 heteroatoms. The lowest BCUT2D eigenvalue weighted by Crippen LogP contribution is -2.06. The van der Waals surface area contributed by atoms with Gasteiger partial charge in [0.1, 0.15) is 17.3 Å². The average Bonchev–Trinajstić information content (AvgIpc) is 3.21. The van der Waals surface area contributed by atoms with E-state index in [1.807, 2.05) is 0 Å². The summed E-state index contributed by atoms with van der Waals surface area (Å²) >= 11 is 0. The van der Waals surface area contributed by atoms with Crippen molar-refractivity contribution in [1.29, 1.82) is 0 Å². The van der Waals surface area contributed by atoms with Crippen LogP contribution in [0.15, 0.2) is 82.7 Å². The molecule has 0 aliphatic carbocycles. The van der Waals surface area contributed by atoms with E-state index < -0.39 is 32.5 Å². The van der Waals surface area contributed by atoms with E-state index >= 15 is 0 Å². The predicted octanol–water partition coefficient (Wildman–Crippen LogP) is 3.74. The number of rotatable bonds is 5. The first-order valence-corrected chi connectivity index (χ1v) is 10.3. The molecule has 0 amide bonds. The van der Waals surface area contributed by atoms with Crippen LogP contribution in [-0.2, 0) is 9.84 Å². The van der Waals surface area contributed by atoms with E-state index in [9.17, 15) is 27.1 Å². The van der Waals surface area contributed by atoms with Crippen molar-refractivity contribution in [1.82, 2.24) is 15.0 Å². The lowest BCUT2D eigenvalue weighted by Gasteiger charge is -2.10. The molecular formula is C21H13F2N3O4S. The molecule has 0 bridgehead atoms. The zero-order chi connectivity index (χ0) is 22.2. The highest BCUT2D eigenvalue weighted by atomic mass is 32.2. The van der Waals surface area contributed by atoms with Crippen LogP contribution in [0.3, 0.4) is 0 Å². The van der Waals surface area contributed by atoms with E-state index in [4.69, 9.17) is 0 Å². The van der Waals surface area contributed by atoms with Crippen molar-refractivity contribution in [2.45, 2.75) is 9.92 Å². The predicted molar refractivity (Wildman–Crippen MR) is 106 cm³/mol. The molecule has 0 fully saturated rings. The van der Waals surface area contributed by atoms with Crippen molar-refractivity contribution in [3.8, 4) is 16.9 Å². The lowest BCUT2D eigenvalue weighted by atomic mass is 10.1. The summed E-state index contributed by atoms with van der Waals surface area (Å²) in [4.78, 5) is 11.1. The Bertz CT molecular complexity index is 1380. The van der Waals surface area contributed by atoms with Crippen LogP contribution >= 0.6 is 0 Å². The van der Waals surface area contributed by atoms with E-state index in [0.717, 1.165) is 41.1 Å². The van der Waals surface area contributed by atoms with Gasteiger partial charge in [-0.3, -0.25) is 0 Å². The van der Waals surface area contributed by atoms with Gasteiger partial charge in [-0.15, -0.1) is 5.10 Å². The Morgan fingerprint density at radius 3 is 2.13 bits per heavy atom. The summed E-state index contributed by atoms with van der Waals surface area (Å²) in [5.41, 5.74) is 0.493. The minimum absolute atomic E-state index is 0.00636. The van der Waals surface area contributed by atoms with E-state index in [1.54, 1.807) is 0 Å². The molecular weight excluding hydrogens is 428 g/mol. The number of aromatic carboxylic acids is 1. The van der Waals surface area contributed by atoms with Crippen LogP contribution in [0.25, 0.3) is 16.9 Å². The molecule has 0 atom stereocenters. The monoisotopic (exact) mass is 441 g/mol. The van der Waals surface area contributed by atoms with Gasteiger partial charge in [0, 0.05) is 5.56 Å². The number of aromatic nitrogens is 3. The van der Waals surface area contributed by atoms with Gasteiger partial charge in [0.05, 0.1) is 16.1 Å². The maximum absolute atomic E-state index is 13.5. The van der Waals surface area contributed by atoms with Crippen LogP contribution < -0.4 is 0 Å². The van der Waals surface area contributed by atoms with Gasteiger partial charge in [-0.25, -0.2) is 26.7 Å². The quantitative estimate of drug-likeness (QED) is 0.474. The fourth-order valence-electron chi connectivity index (χ4n) is 2.98. The SMILES string of the molecule is O=C(O)c1cccc(-n2nnc(S(=O)(=O)c3ccc(F)cc3)c2-c2ccc(F)cc2)c1. The van der Waals surface area contributed by atoms with Crippen LogP contribution in [0.4, 0.5) is 8.78 Å². The van der Waals surface area contributed by atoms with Crippen LogP contribution in [-0.4, -0.2) is 34.5 Å². The molecule has 1 N–H and O–H groups in total. The van der Waals surface area contributed by atoms with Gasteiger partial charge in [0.25, 0.3) is 0 Å².